The standard InChI is InChI=1S/C19H19NOS/c1-14(13-22)19(21-18-8-3-2-4-9-18)20-17-11-10-15-6-5-7-16(15)12-17/h2-4,8-13,20H,5-7H2,1H3. The van der Waals surface area contributed by atoms with Crippen LogP contribution in [0.15, 0.2) is 60.0 Å². The van der Waals surface area contributed by atoms with Crippen LogP contribution in [-0.4, -0.2) is 5.37 Å². The summed E-state index contributed by atoms with van der Waals surface area (Å²) in [5.41, 5.74) is 4.85. The van der Waals surface area contributed by atoms with Crippen molar-refractivity contribution in [2.24, 2.45) is 0 Å². The molecule has 0 aromatic heterocycles. The maximum Gasteiger partial charge on any atom is 0.201 e. The lowest BCUT2D eigenvalue weighted by molar-refractivity contribution is 0.429. The molecule has 22 heavy (non-hydrogen) atoms. The molecule has 0 unspecified atom stereocenters. The number of fused-ring (bicyclic) bond motifs is 1. The fourth-order valence-electron chi connectivity index (χ4n) is 2.65. The summed E-state index contributed by atoms with van der Waals surface area (Å²) in [6.07, 6.45) is 3.61. The van der Waals surface area contributed by atoms with E-state index in [1.165, 1.54) is 24.0 Å². The van der Waals surface area contributed by atoms with Crippen LogP contribution in [0.5, 0.6) is 5.75 Å². The Balaban J connectivity index is 1.83. The molecule has 0 saturated carbocycles. The van der Waals surface area contributed by atoms with Gasteiger partial charge in [-0.05, 0) is 61.6 Å². The molecule has 1 aliphatic rings. The minimum Gasteiger partial charge on any atom is -0.441 e. The van der Waals surface area contributed by atoms with E-state index in [2.05, 4.69) is 23.5 Å². The van der Waals surface area contributed by atoms with Crippen LogP contribution in [0.1, 0.15) is 24.5 Å². The van der Waals surface area contributed by atoms with Crippen molar-refractivity contribution in [1.82, 2.24) is 0 Å². The van der Waals surface area contributed by atoms with Gasteiger partial charge in [0.05, 0.1) is 0 Å². The third-order valence-electron chi connectivity index (χ3n) is 3.85. The highest BCUT2D eigenvalue weighted by molar-refractivity contribution is 7.79. The summed E-state index contributed by atoms with van der Waals surface area (Å²) in [5.74, 6) is 1.47. The van der Waals surface area contributed by atoms with Gasteiger partial charge in [-0.1, -0.05) is 36.5 Å². The van der Waals surface area contributed by atoms with Gasteiger partial charge in [0.2, 0.25) is 5.88 Å². The van der Waals surface area contributed by atoms with Crippen molar-refractivity contribution in [1.29, 1.82) is 0 Å². The Morgan fingerprint density at radius 3 is 2.64 bits per heavy atom. The molecule has 1 aliphatic carbocycles. The first-order valence-electron chi connectivity index (χ1n) is 7.54. The van der Waals surface area contributed by atoms with E-state index in [-0.39, 0.29) is 0 Å². The Hall–Kier alpha value is -2.13. The van der Waals surface area contributed by atoms with Crippen molar-refractivity contribution in [2.75, 3.05) is 5.32 Å². The molecule has 0 spiro atoms. The number of aryl methyl sites for hydroxylation is 2. The lowest BCUT2D eigenvalue weighted by Gasteiger charge is -2.15. The minimum absolute atomic E-state index is 0.680. The smallest absolute Gasteiger partial charge is 0.201 e. The van der Waals surface area contributed by atoms with Gasteiger partial charge in [-0.2, -0.15) is 0 Å². The molecule has 3 rings (SSSR count). The summed E-state index contributed by atoms with van der Waals surface area (Å²) >= 11 is 5.06. The molecule has 112 valence electrons. The van der Waals surface area contributed by atoms with Crippen LogP contribution < -0.4 is 10.1 Å². The van der Waals surface area contributed by atoms with Gasteiger partial charge in [0, 0.05) is 16.6 Å². The van der Waals surface area contributed by atoms with Gasteiger partial charge >= 0.3 is 0 Å². The summed E-state index contributed by atoms with van der Waals surface area (Å²) in [7, 11) is 0. The van der Waals surface area contributed by atoms with E-state index in [0.29, 0.717) is 5.88 Å². The average Bonchev–Trinajstić information content (AvgIpc) is 3.02. The Kier molecular flexibility index (Phi) is 4.54. The first-order valence-corrected chi connectivity index (χ1v) is 8.01. The molecule has 2 aromatic carbocycles. The lowest BCUT2D eigenvalue weighted by atomic mass is 10.1. The SMILES string of the molecule is CC(C=S)=C(Nc1ccc2c(c1)CCC2)Oc1ccccc1. The number of hydrogen-bond donors (Lipinski definition) is 1. The number of ether oxygens (including phenoxy) is 1. The van der Waals surface area contributed by atoms with Crippen LogP contribution in [-0.2, 0) is 12.8 Å². The predicted molar refractivity (Wildman–Crippen MR) is 95.5 cm³/mol. The van der Waals surface area contributed by atoms with Gasteiger partial charge in [-0.25, -0.2) is 0 Å². The maximum absolute atomic E-state index is 5.96. The lowest BCUT2D eigenvalue weighted by Crippen LogP contribution is -2.10. The van der Waals surface area contributed by atoms with Gasteiger partial charge in [0.15, 0.2) is 0 Å². The molecule has 0 aliphatic heterocycles. The monoisotopic (exact) mass is 309 g/mol. The number of allylic oxidation sites excluding steroid dienone is 1. The number of para-hydroxylation sites is 1. The van der Waals surface area contributed by atoms with E-state index < -0.39 is 0 Å². The number of anilines is 1. The Morgan fingerprint density at radius 1 is 1.09 bits per heavy atom. The zero-order valence-corrected chi connectivity index (χ0v) is 13.5. The third kappa shape index (κ3) is 3.37. The number of rotatable bonds is 5. The molecule has 0 heterocycles. The Bertz CT molecular complexity index is 707. The molecular weight excluding hydrogens is 290 g/mol. The molecular formula is C19H19NOS. The van der Waals surface area contributed by atoms with Crippen molar-refractivity contribution < 1.29 is 4.74 Å². The van der Waals surface area contributed by atoms with Crippen LogP contribution in [0.3, 0.4) is 0 Å². The van der Waals surface area contributed by atoms with Gasteiger partial charge in [0.25, 0.3) is 0 Å². The van der Waals surface area contributed by atoms with E-state index in [0.717, 1.165) is 23.4 Å². The summed E-state index contributed by atoms with van der Waals surface area (Å²) in [6, 6.07) is 16.3. The van der Waals surface area contributed by atoms with Crippen molar-refractivity contribution in [3.8, 4) is 5.75 Å². The zero-order chi connectivity index (χ0) is 15.4. The number of hydrogen-bond acceptors (Lipinski definition) is 3. The zero-order valence-electron chi connectivity index (χ0n) is 12.6. The highest BCUT2D eigenvalue weighted by Crippen LogP contribution is 2.26. The molecule has 0 atom stereocenters. The second-order valence-corrected chi connectivity index (χ2v) is 5.74. The first-order chi connectivity index (χ1) is 10.8. The van der Waals surface area contributed by atoms with Crippen molar-refractivity contribution in [3.63, 3.8) is 0 Å². The van der Waals surface area contributed by atoms with Crippen LogP contribution in [0.4, 0.5) is 5.69 Å². The van der Waals surface area contributed by atoms with E-state index in [1.54, 1.807) is 5.37 Å². The molecule has 1 N–H and O–H groups in total. The molecule has 0 fully saturated rings. The van der Waals surface area contributed by atoms with Crippen LogP contribution in [0.2, 0.25) is 0 Å². The topological polar surface area (TPSA) is 21.3 Å². The quantitative estimate of drug-likeness (QED) is 0.482. The fraction of sp³-hybridized carbons (Fsp3) is 0.211. The van der Waals surface area contributed by atoms with Gasteiger partial charge in [-0.3, -0.25) is 0 Å². The third-order valence-corrected chi connectivity index (χ3v) is 4.21. The Morgan fingerprint density at radius 2 is 1.86 bits per heavy atom. The summed E-state index contributed by atoms with van der Waals surface area (Å²) < 4.78 is 5.96. The highest BCUT2D eigenvalue weighted by atomic mass is 32.1. The second-order valence-electron chi connectivity index (χ2n) is 5.51. The van der Waals surface area contributed by atoms with Crippen molar-refractivity contribution >= 4 is 23.3 Å². The molecule has 0 bridgehead atoms. The Labute approximate surface area is 136 Å². The summed E-state index contributed by atoms with van der Waals surface area (Å²) in [4.78, 5) is 0. The summed E-state index contributed by atoms with van der Waals surface area (Å²) in [5, 5.41) is 5.00. The summed E-state index contributed by atoms with van der Waals surface area (Å²) in [6.45, 7) is 1.95. The van der Waals surface area contributed by atoms with Crippen LogP contribution in [0, 0.1) is 0 Å². The van der Waals surface area contributed by atoms with E-state index in [4.69, 9.17) is 17.0 Å². The second kappa shape index (κ2) is 6.75. The van der Waals surface area contributed by atoms with Gasteiger partial charge in [-0.15, -0.1) is 0 Å². The van der Waals surface area contributed by atoms with Gasteiger partial charge < -0.3 is 10.1 Å². The van der Waals surface area contributed by atoms with Crippen molar-refractivity contribution in [3.05, 3.63) is 71.1 Å². The van der Waals surface area contributed by atoms with Crippen LogP contribution >= 0.6 is 12.2 Å². The molecule has 3 heteroatoms. The average molecular weight is 309 g/mol. The minimum atomic E-state index is 0.680. The number of benzene rings is 2. The van der Waals surface area contributed by atoms with Crippen molar-refractivity contribution in [2.45, 2.75) is 26.2 Å². The highest BCUT2D eigenvalue weighted by Gasteiger charge is 2.12. The normalized spacial score (nSPS) is 14.0. The predicted octanol–water partition coefficient (Wildman–Crippen LogP) is 4.90. The molecule has 2 aromatic rings. The van der Waals surface area contributed by atoms with E-state index in [1.807, 2.05) is 37.3 Å². The van der Waals surface area contributed by atoms with Crippen LogP contribution in [0.25, 0.3) is 0 Å². The molecule has 0 radical (unpaired) electrons. The molecule has 2 nitrogen and oxygen atoms in total. The van der Waals surface area contributed by atoms with E-state index >= 15 is 0 Å². The number of thiocarbonyl (C=S) groups is 1. The fourth-order valence-corrected chi connectivity index (χ4v) is 2.75. The largest absolute Gasteiger partial charge is 0.441 e. The molecule has 0 saturated heterocycles. The van der Waals surface area contributed by atoms with Gasteiger partial charge in [0.1, 0.15) is 5.75 Å². The first kappa shape index (κ1) is 14.8. The van der Waals surface area contributed by atoms with E-state index in [9.17, 15) is 0 Å². The number of nitrogens with one attached hydrogen (secondary N) is 1. The maximum atomic E-state index is 5.96. The molecule has 0 amide bonds.